The summed E-state index contributed by atoms with van der Waals surface area (Å²) < 4.78 is 7.14. The first kappa shape index (κ1) is 15.9. The van der Waals surface area contributed by atoms with E-state index in [9.17, 15) is 5.11 Å². The maximum atomic E-state index is 10.5. The van der Waals surface area contributed by atoms with Crippen LogP contribution in [0.25, 0.3) is 0 Å². The van der Waals surface area contributed by atoms with Crippen molar-refractivity contribution in [1.82, 2.24) is 9.78 Å². The van der Waals surface area contributed by atoms with E-state index in [2.05, 4.69) is 43.2 Å². The van der Waals surface area contributed by atoms with Crippen molar-refractivity contribution in [3.63, 3.8) is 0 Å². The van der Waals surface area contributed by atoms with Gasteiger partial charge in [0, 0.05) is 17.2 Å². The van der Waals surface area contributed by atoms with Gasteiger partial charge in [-0.25, -0.2) is 0 Å². The number of benzene rings is 1. The fraction of sp³-hybridized carbons (Fsp3) is 0.438. The van der Waals surface area contributed by atoms with Crippen LogP contribution in [0.5, 0.6) is 5.75 Å². The zero-order valence-electron chi connectivity index (χ0n) is 12.7. The molecule has 0 aliphatic carbocycles. The molecule has 0 saturated heterocycles. The van der Waals surface area contributed by atoms with E-state index >= 15 is 0 Å². The summed E-state index contributed by atoms with van der Waals surface area (Å²) in [5, 5.41) is 14.8. The van der Waals surface area contributed by atoms with E-state index in [4.69, 9.17) is 4.74 Å². The van der Waals surface area contributed by atoms with Crippen molar-refractivity contribution >= 4 is 11.8 Å². The van der Waals surface area contributed by atoms with Crippen molar-refractivity contribution in [2.75, 3.05) is 12.9 Å². The van der Waals surface area contributed by atoms with E-state index < -0.39 is 6.10 Å². The fourth-order valence-corrected chi connectivity index (χ4v) is 2.99. The summed E-state index contributed by atoms with van der Waals surface area (Å²) in [5.74, 6) is 1.23. The highest BCUT2D eigenvalue weighted by Crippen LogP contribution is 2.30. The molecule has 0 radical (unpaired) electrons. The minimum atomic E-state index is -0.597. The minimum absolute atomic E-state index is 0.578. The standard InChI is InChI=1S/C16H22N2O2S/c1-4-9-18-16(15(20-3)10-17-18)14(19)11-21-13-7-5-12(2)6-8-13/h5-8,10,14,19H,4,9,11H2,1-3H3. The predicted molar refractivity (Wildman–Crippen MR) is 85.9 cm³/mol. The Morgan fingerprint density at radius 1 is 1.33 bits per heavy atom. The third-order valence-electron chi connectivity index (χ3n) is 3.24. The summed E-state index contributed by atoms with van der Waals surface area (Å²) >= 11 is 1.63. The van der Waals surface area contributed by atoms with Gasteiger partial charge in [0.1, 0.15) is 11.8 Å². The van der Waals surface area contributed by atoms with Crippen LogP contribution < -0.4 is 4.74 Å². The highest BCUT2D eigenvalue weighted by Gasteiger charge is 2.19. The molecule has 0 amide bonds. The van der Waals surface area contributed by atoms with Gasteiger partial charge < -0.3 is 9.84 Å². The van der Waals surface area contributed by atoms with Crippen molar-refractivity contribution in [2.45, 2.75) is 37.8 Å². The van der Waals surface area contributed by atoms with Gasteiger partial charge in [-0.15, -0.1) is 11.8 Å². The van der Waals surface area contributed by atoms with Crippen LogP contribution in [0.1, 0.15) is 30.7 Å². The molecule has 0 fully saturated rings. The number of nitrogens with zero attached hydrogens (tertiary/aromatic N) is 2. The van der Waals surface area contributed by atoms with Crippen LogP contribution in [0.3, 0.4) is 0 Å². The molecule has 0 spiro atoms. The number of aryl methyl sites for hydroxylation is 2. The van der Waals surface area contributed by atoms with E-state index in [0.29, 0.717) is 11.5 Å². The molecular formula is C16H22N2O2S. The molecule has 2 rings (SSSR count). The lowest BCUT2D eigenvalue weighted by Crippen LogP contribution is -2.11. The smallest absolute Gasteiger partial charge is 0.162 e. The second-order valence-electron chi connectivity index (χ2n) is 4.96. The average Bonchev–Trinajstić information content (AvgIpc) is 2.90. The van der Waals surface area contributed by atoms with Crippen LogP contribution in [-0.2, 0) is 6.54 Å². The van der Waals surface area contributed by atoms with Gasteiger partial charge in [0.25, 0.3) is 0 Å². The molecule has 1 atom stereocenters. The summed E-state index contributed by atoms with van der Waals surface area (Å²) in [6, 6.07) is 8.31. The summed E-state index contributed by atoms with van der Waals surface area (Å²) in [6.07, 6.45) is 2.04. The monoisotopic (exact) mass is 306 g/mol. The molecule has 0 aliphatic rings. The average molecular weight is 306 g/mol. The maximum absolute atomic E-state index is 10.5. The number of methoxy groups -OCH3 is 1. The van der Waals surface area contributed by atoms with Gasteiger partial charge >= 0.3 is 0 Å². The van der Waals surface area contributed by atoms with Crippen LogP contribution in [0.15, 0.2) is 35.4 Å². The number of aliphatic hydroxyl groups is 1. The van der Waals surface area contributed by atoms with E-state index in [-0.39, 0.29) is 0 Å². The summed E-state index contributed by atoms with van der Waals surface area (Å²) in [6.45, 7) is 4.94. The first-order chi connectivity index (χ1) is 10.2. The van der Waals surface area contributed by atoms with Crippen molar-refractivity contribution in [3.05, 3.63) is 41.7 Å². The van der Waals surface area contributed by atoms with Crippen molar-refractivity contribution in [2.24, 2.45) is 0 Å². The first-order valence-electron chi connectivity index (χ1n) is 7.13. The molecule has 1 heterocycles. The zero-order valence-corrected chi connectivity index (χ0v) is 13.6. The fourth-order valence-electron chi connectivity index (χ4n) is 2.15. The molecule has 1 aromatic heterocycles. The number of hydrogen-bond donors (Lipinski definition) is 1. The third-order valence-corrected chi connectivity index (χ3v) is 4.33. The summed E-state index contributed by atoms with van der Waals surface area (Å²) in [5.41, 5.74) is 2.00. The predicted octanol–water partition coefficient (Wildman–Crippen LogP) is 3.44. The van der Waals surface area contributed by atoms with Gasteiger partial charge in [-0.1, -0.05) is 24.6 Å². The Morgan fingerprint density at radius 3 is 2.67 bits per heavy atom. The van der Waals surface area contributed by atoms with Crippen LogP contribution in [0.4, 0.5) is 0 Å². The van der Waals surface area contributed by atoms with Crippen LogP contribution in [0, 0.1) is 6.92 Å². The second-order valence-corrected chi connectivity index (χ2v) is 6.05. The van der Waals surface area contributed by atoms with Crippen LogP contribution in [0.2, 0.25) is 0 Å². The summed E-state index contributed by atoms with van der Waals surface area (Å²) in [4.78, 5) is 1.15. The lowest BCUT2D eigenvalue weighted by Gasteiger charge is -2.14. The lowest BCUT2D eigenvalue weighted by atomic mass is 10.2. The van der Waals surface area contributed by atoms with Crippen LogP contribution >= 0.6 is 11.8 Å². The quantitative estimate of drug-likeness (QED) is 0.796. The second kappa shape index (κ2) is 7.52. The maximum Gasteiger partial charge on any atom is 0.162 e. The molecule has 2 aromatic rings. The van der Waals surface area contributed by atoms with Crippen molar-refractivity contribution in [1.29, 1.82) is 0 Å². The minimum Gasteiger partial charge on any atom is -0.493 e. The SMILES string of the molecule is CCCn1ncc(OC)c1C(O)CSc1ccc(C)cc1. The Hall–Kier alpha value is -1.46. The van der Waals surface area contributed by atoms with Crippen molar-refractivity contribution < 1.29 is 9.84 Å². The number of thioether (sulfide) groups is 1. The van der Waals surface area contributed by atoms with Gasteiger partial charge in [0.2, 0.25) is 0 Å². The highest BCUT2D eigenvalue weighted by molar-refractivity contribution is 7.99. The van der Waals surface area contributed by atoms with Crippen molar-refractivity contribution in [3.8, 4) is 5.75 Å². The molecule has 0 bridgehead atoms. The molecule has 5 heteroatoms. The Labute approximate surface area is 130 Å². The van der Waals surface area contributed by atoms with Gasteiger partial charge in [-0.05, 0) is 25.5 Å². The Kier molecular flexibility index (Phi) is 5.70. The Balaban J connectivity index is 2.07. The van der Waals surface area contributed by atoms with E-state index in [1.54, 1.807) is 25.1 Å². The largest absolute Gasteiger partial charge is 0.493 e. The van der Waals surface area contributed by atoms with Gasteiger partial charge in [0.15, 0.2) is 5.75 Å². The molecule has 0 aliphatic heterocycles. The zero-order chi connectivity index (χ0) is 15.2. The van der Waals surface area contributed by atoms with Crippen LogP contribution in [-0.4, -0.2) is 27.7 Å². The van der Waals surface area contributed by atoms with E-state index in [0.717, 1.165) is 23.6 Å². The molecule has 1 aromatic carbocycles. The number of ether oxygens (including phenoxy) is 1. The normalized spacial score (nSPS) is 12.4. The molecular weight excluding hydrogens is 284 g/mol. The number of aromatic nitrogens is 2. The molecule has 1 N–H and O–H groups in total. The molecule has 4 nitrogen and oxygen atoms in total. The van der Waals surface area contributed by atoms with Gasteiger partial charge in [-0.3, -0.25) is 4.68 Å². The number of hydrogen-bond acceptors (Lipinski definition) is 4. The lowest BCUT2D eigenvalue weighted by molar-refractivity contribution is 0.186. The first-order valence-corrected chi connectivity index (χ1v) is 8.11. The van der Waals surface area contributed by atoms with Gasteiger partial charge in [-0.2, -0.15) is 5.10 Å². The number of aliphatic hydroxyl groups excluding tert-OH is 1. The molecule has 114 valence electrons. The molecule has 0 saturated carbocycles. The number of rotatable bonds is 7. The highest BCUT2D eigenvalue weighted by atomic mass is 32.2. The van der Waals surface area contributed by atoms with E-state index in [1.165, 1.54) is 5.56 Å². The summed E-state index contributed by atoms with van der Waals surface area (Å²) in [7, 11) is 1.61. The Bertz CT molecular complexity index is 566. The Morgan fingerprint density at radius 2 is 2.05 bits per heavy atom. The topological polar surface area (TPSA) is 47.3 Å². The third kappa shape index (κ3) is 4.02. The van der Waals surface area contributed by atoms with E-state index in [1.807, 2.05) is 4.68 Å². The molecule has 1 unspecified atom stereocenters. The molecule has 21 heavy (non-hydrogen) atoms. The van der Waals surface area contributed by atoms with Gasteiger partial charge in [0.05, 0.1) is 13.3 Å².